The third-order valence-electron chi connectivity index (χ3n) is 1.76. The Bertz CT molecular complexity index is 336. The van der Waals surface area contributed by atoms with Gasteiger partial charge in [-0.25, -0.2) is 13.2 Å². The predicted octanol–water partition coefficient (Wildman–Crippen LogP) is 0.617. The minimum absolute atomic E-state index is 0.157. The third-order valence-corrected chi connectivity index (χ3v) is 1.76. The summed E-state index contributed by atoms with van der Waals surface area (Å²) >= 11 is 0. The third kappa shape index (κ3) is 2.27. The number of hydrogen-bond acceptors (Lipinski definition) is 2. The lowest BCUT2D eigenvalue weighted by Gasteiger charge is -2.12. The van der Waals surface area contributed by atoms with Gasteiger partial charge in [0.25, 0.3) is 5.92 Å². The molecule has 14 heavy (non-hydrogen) atoms. The average Bonchev–Trinajstić information content (AvgIpc) is 2.01. The Morgan fingerprint density at radius 2 is 1.86 bits per heavy atom. The van der Waals surface area contributed by atoms with Crippen LogP contribution in [0.15, 0.2) is 18.2 Å². The van der Waals surface area contributed by atoms with Gasteiger partial charge in [0, 0.05) is 6.92 Å². The lowest BCUT2D eigenvalue weighted by Crippen LogP contribution is -2.30. The van der Waals surface area contributed by atoms with Crippen molar-refractivity contribution in [3.63, 3.8) is 0 Å². The second kappa shape index (κ2) is 3.63. The van der Waals surface area contributed by atoms with Crippen LogP contribution in [0.3, 0.4) is 0 Å². The van der Waals surface area contributed by atoms with E-state index in [1.807, 2.05) is 0 Å². The van der Waals surface area contributed by atoms with E-state index in [2.05, 4.69) is 0 Å². The van der Waals surface area contributed by atoms with Crippen molar-refractivity contribution in [2.24, 2.45) is 0 Å². The standard InChI is InChI=1S/C8H8BF3O2/c1-8(11,12)6-3-2-5(9(13)14)4-7(6)10/h2-4,13-14H,1H3. The molecule has 1 aromatic carbocycles. The molecule has 0 aliphatic rings. The zero-order valence-corrected chi connectivity index (χ0v) is 7.34. The monoisotopic (exact) mass is 204 g/mol. The number of benzene rings is 1. The van der Waals surface area contributed by atoms with Gasteiger partial charge in [0.15, 0.2) is 0 Å². The summed E-state index contributed by atoms with van der Waals surface area (Å²) in [5, 5.41) is 17.3. The summed E-state index contributed by atoms with van der Waals surface area (Å²) in [5.74, 6) is -4.42. The SMILES string of the molecule is CC(F)(F)c1ccc(B(O)O)cc1F. The van der Waals surface area contributed by atoms with Crippen LogP contribution in [-0.2, 0) is 5.92 Å². The van der Waals surface area contributed by atoms with Crippen LogP contribution in [0.2, 0.25) is 0 Å². The zero-order valence-electron chi connectivity index (χ0n) is 7.34. The van der Waals surface area contributed by atoms with Crippen molar-refractivity contribution in [3.8, 4) is 0 Å². The molecule has 1 aromatic rings. The Balaban J connectivity index is 3.15. The van der Waals surface area contributed by atoms with Crippen molar-refractivity contribution in [2.45, 2.75) is 12.8 Å². The normalized spacial score (nSPS) is 11.6. The summed E-state index contributed by atoms with van der Waals surface area (Å²) in [5.41, 5.74) is -0.919. The molecule has 0 spiro atoms. The molecule has 76 valence electrons. The van der Waals surface area contributed by atoms with Crippen LogP contribution in [-0.4, -0.2) is 17.2 Å². The van der Waals surface area contributed by atoms with Gasteiger partial charge in [-0.15, -0.1) is 0 Å². The lowest BCUT2D eigenvalue weighted by molar-refractivity contribution is 0.0138. The Morgan fingerprint density at radius 1 is 1.29 bits per heavy atom. The van der Waals surface area contributed by atoms with Crippen LogP contribution in [0.1, 0.15) is 12.5 Å². The van der Waals surface area contributed by atoms with Crippen LogP contribution in [0, 0.1) is 5.82 Å². The van der Waals surface area contributed by atoms with E-state index in [-0.39, 0.29) is 5.46 Å². The van der Waals surface area contributed by atoms with Gasteiger partial charge in [0.05, 0.1) is 5.56 Å². The first-order valence-electron chi connectivity index (χ1n) is 3.86. The topological polar surface area (TPSA) is 40.5 Å². The van der Waals surface area contributed by atoms with Gasteiger partial charge in [-0.3, -0.25) is 0 Å². The van der Waals surface area contributed by atoms with Crippen molar-refractivity contribution in [3.05, 3.63) is 29.6 Å². The van der Waals surface area contributed by atoms with Gasteiger partial charge in [-0.05, 0) is 11.5 Å². The molecule has 0 radical (unpaired) electrons. The van der Waals surface area contributed by atoms with Crippen LogP contribution in [0.25, 0.3) is 0 Å². The van der Waals surface area contributed by atoms with E-state index >= 15 is 0 Å². The van der Waals surface area contributed by atoms with E-state index in [0.29, 0.717) is 13.0 Å². The zero-order chi connectivity index (χ0) is 10.9. The molecule has 0 heterocycles. The molecular weight excluding hydrogens is 196 g/mol. The molecule has 0 atom stereocenters. The van der Waals surface area contributed by atoms with Crippen molar-refractivity contribution >= 4 is 12.6 Å². The quantitative estimate of drug-likeness (QED) is 0.693. The van der Waals surface area contributed by atoms with E-state index in [4.69, 9.17) is 10.0 Å². The first kappa shape index (κ1) is 11.1. The highest BCUT2D eigenvalue weighted by Crippen LogP contribution is 2.28. The van der Waals surface area contributed by atoms with Gasteiger partial charge < -0.3 is 10.0 Å². The summed E-state index contributed by atoms with van der Waals surface area (Å²) in [4.78, 5) is 0. The summed E-state index contributed by atoms with van der Waals surface area (Å²) in [7, 11) is -1.86. The van der Waals surface area contributed by atoms with Crippen molar-refractivity contribution in [1.82, 2.24) is 0 Å². The van der Waals surface area contributed by atoms with Gasteiger partial charge in [0.2, 0.25) is 0 Å². The Kier molecular flexibility index (Phi) is 2.87. The highest BCUT2D eigenvalue weighted by atomic mass is 19.3. The van der Waals surface area contributed by atoms with Gasteiger partial charge in [-0.1, -0.05) is 12.1 Å². The molecule has 0 saturated carbocycles. The molecule has 0 bridgehead atoms. The minimum atomic E-state index is -3.27. The Morgan fingerprint density at radius 3 is 2.21 bits per heavy atom. The largest absolute Gasteiger partial charge is 0.488 e. The molecule has 0 aliphatic carbocycles. The van der Waals surface area contributed by atoms with Crippen LogP contribution in [0.4, 0.5) is 13.2 Å². The maximum absolute atomic E-state index is 13.0. The van der Waals surface area contributed by atoms with E-state index in [1.165, 1.54) is 0 Å². The molecule has 0 fully saturated rings. The van der Waals surface area contributed by atoms with Crippen LogP contribution >= 0.6 is 0 Å². The fourth-order valence-electron chi connectivity index (χ4n) is 1.05. The molecule has 0 aliphatic heterocycles. The van der Waals surface area contributed by atoms with E-state index in [1.54, 1.807) is 0 Å². The number of halogens is 3. The first-order chi connectivity index (χ1) is 6.32. The second-order valence-electron chi connectivity index (χ2n) is 3.00. The maximum Gasteiger partial charge on any atom is 0.488 e. The van der Waals surface area contributed by atoms with E-state index in [9.17, 15) is 13.2 Å². The lowest BCUT2D eigenvalue weighted by atomic mass is 9.79. The molecule has 2 nitrogen and oxygen atoms in total. The van der Waals surface area contributed by atoms with Gasteiger partial charge >= 0.3 is 7.12 Å². The van der Waals surface area contributed by atoms with Gasteiger partial charge in [-0.2, -0.15) is 0 Å². The molecule has 0 unspecified atom stereocenters. The molecular formula is C8H8BF3O2. The first-order valence-corrected chi connectivity index (χ1v) is 3.86. The van der Waals surface area contributed by atoms with Gasteiger partial charge in [0.1, 0.15) is 5.82 Å². The Hall–Kier alpha value is -1.01. The molecule has 2 N–H and O–H groups in total. The fraction of sp³-hybridized carbons (Fsp3) is 0.250. The number of rotatable bonds is 2. The number of alkyl halides is 2. The molecule has 0 amide bonds. The average molecular weight is 204 g/mol. The van der Waals surface area contributed by atoms with Crippen molar-refractivity contribution < 1.29 is 23.2 Å². The number of hydrogen-bond donors (Lipinski definition) is 2. The summed E-state index contributed by atoms with van der Waals surface area (Å²) in [6.07, 6.45) is 0. The van der Waals surface area contributed by atoms with E-state index < -0.39 is 24.4 Å². The van der Waals surface area contributed by atoms with E-state index in [0.717, 1.165) is 12.1 Å². The summed E-state index contributed by atoms with van der Waals surface area (Å²) in [6, 6.07) is 2.56. The maximum atomic E-state index is 13.0. The summed E-state index contributed by atoms with van der Waals surface area (Å²) in [6.45, 7) is 0.570. The second-order valence-corrected chi connectivity index (χ2v) is 3.00. The smallest absolute Gasteiger partial charge is 0.423 e. The highest BCUT2D eigenvalue weighted by molar-refractivity contribution is 6.58. The predicted molar refractivity (Wildman–Crippen MR) is 45.8 cm³/mol. The highest BCUT2D eigenvalue weighted by Gasteiger charge is 2.28. The molecule has 0 aromatic heterocycles. The van der Waals surface area contributed by atoms with Crippen molar-refractivity contribution in [1.29, 1.82) is 0 Å². The summed E-state index contributed by atoms with van der Waals surface area (Å²) < 4.78 is 38.4. The van der Waals surface area contributed by atoms with Crippen LogP contribution < -0.4 is 5.46 Å². The fourth-order valence-corrected chi connectivity index (χ4v) is 1.05. The Labute approximate surface area is 79.1 Å². The van der Waals surface area contributed by atoms with Crippen molar-refractivity contribution in [2.75, 3.05) is 0 Å². The molecule has 0 saturated heterocycles. The van der Waals surface area contributed by atoms with Crippen LogP contribution in [0.5, 0.6) is 0 Å². The minimum Gasteiger partial charge on any atom is -0.423 e. The molecule has 6 heteroatoms. The molecule has 1 rings (SSSR count).